The van der Waals surface area contributed by atoms with Gasteiger partial charge in [-0.1, -0.05) is 138 Å². The van der Waals surface area contributed by atoms with Crippen molar-refractivity contribution in [3.05, 3.63) is 163 Å². The van der Waals surface area contributed by atoms with Gasteiger partial charge in [0.15, 0.2) is 0 Å². The van der Waals surface area contributed by atoms with Gasteiger partial charge in [-0.2, -0.15) is 29.5 Å². The van der Waals surface area contributed by atoms with Crippen LogP contribution in [0.4, 0.5) is 0 Å². The molecule has 0 fully saturated rings. The van der Waals surface area contributed by atoms with Crippen LogP contribution in [0.2, 0.25) is 0 Å². The molecule has 0 aromatic heterocycles. The molecule has 216 valence electrons. The van der Waals surface area contributed by atoms with Crippen LogP contribution in [0.3, 0.4) is 0 Å². The van der Waals surface area contributed by atoms with E-state index in [-0.39, 0.29) is 0 Å². The van der Waals surface area contributed by atoms with Crippen LogP contribution in [-0.2, 0) is 27.3 Å². The van der Waals surface area contributed by atoms with Gasteiger partial charge in [-0.25, -0.2) is 0 Å². The molecule has 8 rings (SSSR count). The van der Waals surface area contributed by atoms with E-state index in [9.17, 15) is 0 Å². The van der Waals surface area contributed by atoms with Crippen LogP contribution in [0.1, 0.15) is 12.5 Å². The predicted octanol–water partition coefficient (Wildman–Crippen LogP) is 10.6. The molecule has 0 saturated heterocycles. The van der Waals surface area contributed by atoms with E-state index < -0.39 is 20.8 Å². The minimum Gasteiger partial charge on any atom is -0.184 e. The quantitative estimate of drug-likeness (QED) is 0.126. The maximum Gasteiger partial charge on any atom is 0.0920 e. The molecule has 45 heavy (non-hydrogen) atoms. The molecule has 1 aliphatic heterocycles. The zero-order valence-corrected chi connectivity index (χ0v) is 29.9. The molecular weight excluding hydrogens is 683 g/mol. The first-order chi connectivity index (χ1) is 22.2. The molecule has 7 aromatic carbocycles. The van der Waals surface area contributed by atoms with Crippen molar-refractivity contribution in [1.82, 2.24) is 0 Å². The second kappa shape index (κ2) is 15.3. The Morgan fingerprint density at radius 3 is 2.00 bits per heavy atom. The van der Waals surface area contributed by atoms with Crippen molar-refractivity contribution in [2.75, 3.05) is 0 Å². The SMILES string of the molecule is CCc1ccccc1-c1c(-c2ccccc2)ccc2[cH-]c(-c3ccccc3)cc12.[Cl][Zr+2][Cl].[c-]1cccc2c1[Si]c1ccccc1-2. The molecule has 0 unspecified atom stereocenters. The summed E-state index contributed by atoms with van der Waals surface area (Å²) in [7, 11) is 10.7. The van der Waals surface area contributed by atoms with Crippen LogP contribution in [0.25, 0.3) is 55.3 Å². The van der Waals surface area contributed by atoms with E-state index in [1.807, 2.05) is 6.07 Å². The van der Waals surface area contributed by atoms with E-state index in [0.29, 0.717) is 0 Å². The molecule has 0 N–H and O–H groups in total. The number of fused-ring (bicyclic) bond motifs is 4. The Balaban J connectivity index is 0.000000184. The average Bonchev–Trinajstić information content (AvgIpc) is 3.71. The minimum absolute atomic E-state index is 0.795. The van der Waals surface area contributed by atoms with Gasteiger partial charge in [0.1, 0.15) is 0 Å². The van der Waals surface area contributed by atoms with Gasteiger partial charge >= 0.3 is 37.9 Å². The summed E-state index contributed by atoms with van der Waals surface area (Å²) in [6.07, 6.45) is 1.02. The Kier molecular flexibility index (Phi) is 10.7. The van der Waals surface area contributed by atoms with Gasteiger partial charge in [0.25, 0.3) is 0 Å². The van der Waals surface area contributed by atoms with Crippen molar-refractivity contribution in [1.29, 1.82) is 0 Å². The van der Waals surface area contributed by atoms with Crippen LogP contribution >= 0.6 is 17.0 Å². The topological polar surface area (TPSA) is 0 Å². The summed E-state index contributed by atoms with van der Waals surface area (Å²) in [5, 5.41) is 5.44. The van der Waals surface area contributed by atoms with E-state index in [1.54, 1.807) is 0 Å². The molecule has 1 heterocycles. The molecule has 2 radical (unpaired) electrons. The third kappa shape index (κ3) is 7.06. The molecule has 7 aromatic rings. The molecule has 0 amide bonds. The van der Waals surface area contributed by atoms with E-state index in [4.69, 9.17) is 17.0 Å². The van der Waals surface area contributed by atoms with Gasteiger partial charge in [-0.05, 0) is 34.2 Å². The maximum atomic E-state index is 4.93. The first kappa shape index (κ1) is 31.6. The fourth-order valence-electron chi connectivity index (χ4n) is 6.03. The second-order valence-corrected chi connectivity index (χ2v) is 15.7. The molecule has 0 nitrogen and oxygen atoms in total. The molecule has 0 aliphatic carbocycles. The van der Waals surface area contributed by atoms with Crippen molar-refractivity contribution in [2.24, 2.45) is 0 Å². The Morgan fingerprint density at radius 2 is 1.27 bits per heavy atom. The van der Waals surface area contributed by atoms with E-state index in [2.05, 4.69) is 159 Å². The van der Waals surface area contributed by atoms with Crippen LogP contribution in [0, 0.1) is 6.07 Å². The molecule has 4 heteroatoms. The fraction of sp³-hybridized carbons (Fsp3) is 0.0488. The third-order valence-corrected chi connectivity index (χ3v) is 9.45. The number of rotatable bonds is 4. The first-order valence-corrected chi connectivity index (χ1v) is 22.3. The van der Waals surface area contributed by atoms with Gasteiger partial charge in [0.2, 0.25) is 0 Å². The normalized spacial score (nSPS) is 10.9. The minimum atomic E-state index is -0.826. The Morgan fingerprint density at radius 1 is 0.644 bits per heavy atom. The van der Waals surface area contributed by atoms with Gasteiger partial charge in [-0.3, -0.25) is 0 Å². The Bertz CT molecular complexity index is 1970. The van der Waals surface area contributed by atoms with Gasteiger partial charge < -0.3 is 0 Å². The van der Waals surface area contributed by atoms with Crippen LogP contribution < -0.4 is 10.4 Å². The second-order valence-electron chi connectivity index (χ2n) is 10.7. The van der Waals surface area contributed by atoms with Gasteiger partial charge in [0, 0.05) is 0 Å². The summed E-state index contributed by atoms with van der Waals surface area (Å²) >= 11 is -0.826. The summed E-state index contributed by atoms with van der Waals surface area (Å²) in [6.45, 7) is 2.24. The fourth-order valence-corrected chi connectivity index (χ4v) is 7.34. The van der Waals surface area contributed by atoms with E-state index >= 15 is 0 Å². The Hall–Kier alpha value is -3.39. The molecule has 0 spiro atoms. The monoisotopic (exact) mass is 710 g/mol. The molecule has 1 aliphatic rings. The summed E-state index contributed by atoms with van der Waals surface area (Å²) in [4.78, 5) is 0. The Labute approximate surface area is 287 Å². The molecule has 0 bridgehead atoms. The molecule has 0 atom stereocenters. The van der Waals surface area contributed by atoms with Crippen molar-refractivity contribution < 1.29 is 20.8 Å². The van der Waals surface area contributed by atoms with E-state index in [1.165, 1.54) is 71.2 Å². The summed E-state index contributed by atoms with van der Waals surface area (Å²) in [5.74, 6) is 0. The third-order valence-electron chi connectivity index (χ3n) is 8.08. The van der Waals surface area contributed by atoms with Crippen molar-refractivity contribution in [3.63, 3.8) is 0 Å². The summed E-state index contributed by atoms with van der Waals surface area (Å²) < 4.78 is 0. The van der Waals surface area contributed by atoms with Crippen LogP contribution in [0.15, 0.2) is 152 Å². The van der Waals surface area contributed by atoms with Crippen LogP contribution in [-0.4, -0.2) is 9.52 Å². The van der Waals surface area contributed by atoms with E-state index in [0.717, 1.165) is 15.9 Å². The average molecular weight is 713 g/mol. The van der Waals surface area contributed by atoms with Crippen molar-refractivity contribution in [3.8, 4) is 44.5 Å². The van der Waals surface area contributed by atoms with Crippen molar-refractivity contribution >= 4 is 47.7 Å². The van der Waals surface area contributed by atoms with Crippen LogP contribution in [0.5, 0.6) is 0 Å². The zero-order chi connectivity index (χ0) is 31.0. The zero-order valence-electron chi connectivity index (χ0n) is 24.9. The summed E-state index contributed by atoms with van der Waals surface area (Å²) in [6, 6.07) is 57.6. The smallest absolute Gasteiger partial charge is 0.0920 e. The standard InChI is InChI=1S/C29H23.C12H7Si.2ClH.Zr/c1-2-21-11-9-10-16-26(21)29-27(23-14-7-4-8-15-23)18-17-24-19-25(20-28(24)29)22-12-5-3-6-13-22;1-3-7-11-9(5-1)10-6-2-4-8-12(10)13-11;;;/h3-20H,2H2,1H3;1-7H;2*1H;/q2*-1;;;+4/p-2. The number of hydrogen-bond acceptors (Lipinski definition) is 0. The number of aryl methyl sites for hydroxylation is 1. The summed E-state index contributed by atoms with van der Waals surface area (Å²) in [5.41, 5.74) is 11.9. The van der Waals surface area contributed by atoms with Crippen molar-refractivity contribution in [2.45, 2.75) is 13.3 Å². The van der Waals surface area contributed by atoms with Gasteiger partial charge in [-0.15, -0.1) is 40.1 Å². The largest absolute Gasteiger partial charge is 0.184 e. The predicted molar refractivity (Wildman–Crippen MR) is 193 cm³/mol. The number of halogens is 2. The van der Waals surface area contributed by atoms with Gasteiger partial charge in [0.05, 0.1) is 9.52 Å². The molecule has 0 saturated carbocycles. The maximum absolute atomic E-state index is 4.93. The molecular formula is C41H30Cl2SiZr. The first-order valence-electron chi connectivity index (χ1n) is 15.0. The number of benzene rings is 6. The number of hydrogen-bond donors (Lipinski definition) is 0.